The first-order chi connectivity index (χ1) is 10.0. The van der Waals surface area contributed by atoms with Crippen molar-refractivity contribution in [1.29, 1.82) is 0 Å². The molecule has 1 atom stereocenters. The maximum Gasteiger partial charge on any atom is 0.241 e. The van der Waals surface area contributed by atoms with Gasteiger partial charge in [-0.3, -0.25) is 9.78 Å². The monoisotopic (exact) mass is 307 g/mol. The molecule has 3 N–H and O–H groups in total. The first kappa shape index (κ1) is 15.7. The van der Waals surface area contributed by atoms with E-state index in [1.165, 1.54) is 0 Å². The summed E-state index contributed by atoms with van der Waals surface area (Å²) < 4.78 is 4.93. The fraction of sp³-hybridized carbons (Fsp3) is 0.333. The molecule has 0 spiro atoms. The lowest BCUT2D eigenvalue weighted by Crippen LogP contribution is -2.36. The number of ether oxygens (including phenoxy) is 1. The Balaban J connectivity index is 2.32. The van der Waals surface area contributed by atoms with Crippen LogP contribution in [0, 0.1) is 6.92 Å². The zero-order valence-corrected chi connectivity index (χ0v) is 12.8. The fourth-order valence-electron chi connectivity index (χ4n) is 2.10. The zero-order valence-electron chi connectivity index (χ0n) is 12.0. The molecule has 0 fully saturated rings. The number of nitrogens with zero attached hydrogens (tertiary/aromatic N) is 1. The molecule has 0 saturated carbocycles. The molecule has 1 heterocycles. The molecule has 1 aromatic heterocycles. The third kappa shape index (κ3) is 3.50. The number of rotatable bonds is 5. The fourth-order valence-corrected chi connectivity index (χ4v) is 2.41. The number of fused-ring (bicyclic) bond motifs is 1. The van der Waals surface area contributed by atoms with Crippen LogP contribution in [0.1, 0.15) is 12.0 Å². The van der Waals surface area contributed by atoms with Gasteiger partial charge in [0.2, 0.25) is 5.91 Å². The van der Waals surface area contributed by atoms with Gasteiger partial charge in [-0.25, -0.2) is 0 Å². The maximum absolute atomic E-state index is 12.1. The van der Waals surface area contributed by atoms with Crippen LogP contribution < -0.4 is 11.1 Å². The van der Waals surface area contributed by atoms with E-state index in [2.05, 4.69) is 10.3 Å². The minimum atomic E-state index is -0.644. The summed E-state index contributed by atoms with van der Waals surface area (Å²) in [5.41, 5.74) is 8.13. The predicted octanol–water partition coefficient (Wildman–Crippen LogP) is 2.50. The number of anilines is 1. The van der Waals surface area contributed by atoms with Gasteiger partial charge in [0.1, 0.15) is 0 Å². The van der Waals surface area contributed by atoms with E-state index in [4.69, 9.17) is 22.1 Å². The van der Waals surface area contributed by atoms with E-state index in [1.807, 2.05) is 13.0 Å². The Morgan fingerprint density at radius 1 is 1.57 bits per heavy atom. The molecule has 2 aromatic rings. The van der Waals surface area contributed by atoms with E-state index in [9.17, 15) is 4.79 Å². The number of benzene rings is 1. The van der Waals surface area contributed by atoms with Gasteiger partial charge in [-0.15, -0.1) is 0 Å². The van der Waals surface area contributed by atoms with Gasteiger partial charge >= 0.3 is 0 Å². The Kier molecular flexibility index (Phi) is 5.12. The molecule has 5 nitrogen and oxygen atoms in total. The number of nitrogens with two attached hydrogens (primary N) is 1. The van der Waals surface area contributed by atoms with Crippen LogP contribution in [0.4, 0.5) is 5.69 Å². The second kappa shape index (κ2) is 6.85. The van der Waals surface area contributed by atoms with Crippen molar-refractivity contribution in [3.63, 3.8) is 0 Å². The number of hydrogen-bond donors (Lipinski definition) is 2. The lowest BCUT2D eigenvalue weighted by atomic mass is 10.1. The highest BCUT2D eigenvalue weighted by Crippen LogP contribution is 2.32. The SMILES string of the molecule is COCCC(N)C(=O)Nc1c(Cl)cc(C)c2ncccc12. The minimum absolute atomic E-state index is 0.289. The molecular weight excluding hydrogens is 290 g/mol. The van der Waals surface area contributed by atoms with Crippen molar-refractivity contribution in [2.24, 2.45) is 5.73 Å². The number of pyridine rings is 1. The number of methoxy groups -OCH3 is 1. The van der Waals surface area contributed by atoms with E-state index in [0.717, 1.165) is 16.5 Å². The second-order valence-electron chi connectivity index (χ2n) is 4.83. The number of amides is 1. The third-order valence-electron chi connectivity index (χ3n) is 3.25. The van der Waals surface area contributed by atoms with Crippen LogP contribution in [0.2, 0.25) is 5.02 Å². The summed E-state index contributed by atoms with van der Waals surface area (Å²) in [6.45, 7) is 2.36. The van der Waals surface area contributed by atoms with Gasteiger partial charge in [-0.1, -0.05) is 11.6 Å². The molecule has 6 heteroatoms. The molecule has 112 valence electrons. The standard InChI is InChI=1S/C15H18ClN3O2/c1-9-8-11(16)14(10-4-3-6-18-13(9)10)19-15(20)12(17)5-7-21-2/h3-4,6,8,12H,5,7,17H2,1-2H3,(H,19,20). The van der Waals surface area contributed by atoms with Crippen LogP contribution in [0.25, 0.3) is 10.9 Å². The van der Waals surface area contributed by atoms with Gasteiger partial charge in [0.25, 0.3) is 0 Å². The molecule has 0 radical (unpaired) electrons. The first-order valence-corrected chi connectivity index (χ1v) is 7.01. The highest BCUT2D eigenvalue weighted by Gasteiger charge is 2.17. The van der Waals surface area contributed by atoms with Gasteiger partial charge < -0.3 is 15.8 Å². The Morgan fingerprint density at radius 3 is 3.05 bits per heavy atom. The number of carbonyl (C=O) groups excluding carboxylic acids is 1. The van der Waals surface area contributed by atoms with Crippen molar-refractivity contribution in [3.8, 4) is 0 Å². The van der Waals surface area contributed by atoms with Crippen LogP contribution in [0.3, 0.4) is 0 Å². The summed E-state index contributed by atoms with van der Waals surface area (Å²) in [7, 11) is 1.57. The number of aryl methyl sites for hydroxylation is 1. The summed E-state index contributed by atoms with van der Waals surface area (Å²) in [6, 6.07) is 4.82. The Morgan fingerprint density at radius 2 is 2.33 bits per heavy atom. The molecule has 1 unspecified atom stereocenters. The van der Waals surface area contributed by atoms with Gasteiger partial charge in [0, 0.05) is 25.3 Å². The van der Waals surface area contributed by atoms with Gasteiger partial charge in [0.05, 0.1) is 22.3 Å². The summed E-state index contributed by atoms with van der Waals surface area (Å²) in [5.74, 6) is -0.289. The van der Waals surface area contributed by atoms with E-state index >= 15 is 0 Å². The predicted molar refractivity (Wildman–Crippen MR) is 84.6 cm³/mol. The number of carbonyl (C=O) groups is 1. The highest BCUT2D eigenvalue weighted by molar-refractivity contribution is 6.35. The smallest absolute Gasteiger partial charge is 0.241 e. The number of aromatic nitrogens is 1. The zero-order chi connectivity index (χ0) is 15.4. The normalized spacial score (nSPS) is 12.4. The molecular formula is C15H18ClN3O2. The largest absolute Gasteiger partial charge is 0.385 e. The Labute approximate surface area is 128 Å². The summed E-state index contributed by atoms with van der Waals surface area (Å²) in [5, 5.41) is 4.07. The van der Waals surface area contributed by atoms with Crippen molar-refractivity contribution < 1.29 is 9.53 Å². The molecule has 0 bridgehead atoms. The summed E-state index contributed by atoms with van der Waals surface area (Å²) in [4.78, 5) is 16.5. The van der Waals surface area contributed by atoms with E-state index in [-0.39, 0.29) is 5.91 Å². The maximum atomic E-state index is 12.1. The third-order valence-corrected chi connectivity index (χ3v) is 3.55. The van der Waals surface area contributed by atoms with E-state index in [1.54, 1.807) is 25.4 Å². The lowest BCUT2D eigenvalue weighted by molar-refractivity contribution is -0.117. The van der Waals surface area contributed by atoms with Crippen LogP contribution in [0.15, 0.2) is 24.4 Å². The Bertz CT molecular complexity index is 661. The average molecular weight is 308 g/mol. The van der Waals surface area contributed by atoms with Crippen LogP contribution in [0.5, 0.6) is 0 Å². The van der Waals surface area contributed by atoms with Crippen molar-refractivity contribution in [1.82, 2.24) is 4.98 Å². The number of halogens is 1. The topological polar surface area (TPSA) is 77.2 Å². The van der Waals surface area contributed by atoms with Gasteiger partial charge in [-0.05, 0) is 37.1 Å². The van der Waals surface area contributed by atoms with Crippen molar-refractivity contribution in [2.75, 3.05) is 19.0 Å². The molecule has 2 rings (SSSR count). The van der Waals surface area contributed by atoms with Crippen molar-refractivity contribution in [2.45, 2.75) is 19.4 Å². The average Bonchev–Trinajstić information content (AvgIpc) is 2.48. The molecule has 0 aliphatic rings. The van der Waals surface area contributed by atoms with Crippen LogP contribution in [-0.2, 0) is 9.53 Å². The van der Waals surface area contributed by atoms with E-state index < -0.39 is 6.04 Å². The summed E-state index contributed by atoms with van der Waals surface area (Å²) >= 11 is 6.25. The molecule has 0 aliphatic carbocycles. The minimum Gasteiger partial charge on any atom is -0.385 e. The number of nitrogens with one attached hydrogen (secondary N) is 1. The quantitative estimate of drug-likeness (QED) is 0.889. The highest BCUT2D eigenvalue weighted by atomic mass is 35.5. The number of hydrogen-bond acceptors (Lipinski definition) is 4. The first-order valence-electron chi connectivity index (χ1n) is 6.63. The molecule has 21 heavy (non-hydrogen) atoms. The van der Waals surface area contributed by atoms with Crippen molar-refractivity contribution >= 4 is 34.1 Å². The molecule has 1 amide bonds. The van der Waals surface area contributed by atoms with Crippen LogP contribution in [-0.4, -0.2) is 30.6 Å². The summed E-state index contributed by atoms with van der Waals surface area (Å²) in [6.07, 6.45) is 2.15. The van der Waals surface area contributed by atoms with Gasteiger partial charge in [0.15, 0.2) is 0 Å². The lowest BCUT2D eigenvalue weighted by Gasteiger charge is -2.15. The van der Waals surface area contributed by atoms with Crippen molar-refractivity contribution in [3.05, 3.63) is 35.0 Å². The van der Waals surface area contributed by atoms with Gasteiger partial charge in [-0.2, -0.15) is 0 Å². The molecule has 0 aliphatic heterocycles. The van der Waals surface area contributed by atoms with Crippen LogP contribution >= 0.6 is 11.6 Å². The second-order valence-corrected chi connectivity index (χ2v) is 5.23. The molecule has 1 aromatic carbocycles. The Hall–Kier alpha value is -1.69. The van der Waals surface area contributed by atoms with E-state index in [0.29, 0.717) is 23.7 Å². The molecule has 0 saturated heterocycles.